The van der Waals surface area contributed by atoms with Gasteiger partial charge in [0.2, 0.25) is 0 Å². The second-order valence-corrected chi connectivity index (χ2v) is 8.14. The van der Waals surface area contributed by atoms with Crippen molar-refractivity contribution in [2.45, 2.75) is 18.2 Å². The predicted molar refractivity (Wildman–Crippen MR) is 99.8 cm³/mol. The first-order valence-electron chi connectivity index (χ1n) is 8.29. The van der Waals surface area contributed by atoms with E-state index in [2.05, 4.69) is 0 Å². The standard InChI is InChI=1S/C20H18O6S/c1-3-25-20(22)15-10-14-8-13(12-21)9-18(14)19(11-15)26-16-4-6-17(7-5-16)27(2,23)24/h4-7,9-12H,3,8H2,1-2H3. The van der Waals surface area contributed by atoms with Gasteiger partial charge in [-0.15, -0.1) is 0 Å². The number of carbonyl (C=O) groups is 2. The molecule has 3 rings (SSSR count). The lowest BCUT2D eigenvalue weighted by atomic mass is 10.0. The van der Waals surface area contributed by atoms with Crippen molar-refractivity contribution >= 4 is 28.2 Å². The molecule has 0 fully saturated rings. The fraction of sp³-hybridized carbons (Fsp3) is 0.200. The van der Waals surface area contributed by atoms with Gasteiger partial charge in [-0.2, -0.15) is 0 Å². The first-order chi connectivity index (χ1) is 12.8. The predicted octanol–water partition coefficient (Wildman–Crippen LogP) is 3.20. The lowest BCUT2D eigenvalue weighted by Gasteiger charge is -2.13. The number of carbonyl (C=O) groups excluding carboxylic acids is 2. The van der Waals surface area contributed by atoms with E-state index in [0.717, 1.165) is 23.7 Å². The third-order valence-corrected chi connectivity index (χ3v) is 5.22. The lowest BCUT2D eigenvalue weighted by Crippen LogP contribution is -2.06. The summed E-state index contributed by atoms with van der Waals surface area (Å²) in [7, 11) is -3.30. The number of hydrogen-bond donors (Lipinski definition) is 0. The molecule has 0 unspecified atom stereocenters. The third-order valence-electron chi connectivity index (χ3n) is 4.09. The van der Waals surface area contributed by atoms with E-state index in [9.17, 15) is 18.0 Å². The van der Waals surface area contributed by atoms with Crippen LogP contribution >= 0.6 is 0 Å². The van der Waals surface area contributed by atoms with Crippen molar-refractivity contribution in [3.8, 4) is 11.5 Å². The summed E-state index contributed by atoms with van der Waals surface area (Å²) in [5.74, 6) is 0.343. The Morgan fingerprint density at radius 2 is 1.89 bits per heavy atom. The van der Waals surface area contributed by atoms with E-state index < -0.39 is 15.8 Å². The molecule has 1 aliphatic rings. The molecule has 6 nitrogen and oxygen atoms in total. The SMILES string of the molecule is CCOC(=O)c1cc2c(c(Oc3ccc(S(C)(=O)=O)cc3)c1)C=C(C=O)C2. The summed E-state index contributed by atoms with van der Waals surface area (Å²) in [5.41, 5.74) is 2.44. The van der Waals surface area contributed by atoms with E-state index in [1.54, 1.807) is 37.3 Å². The van der Waals surface area contributed by atoms with Crippen molar-refractivity contribution in [1.29, 1.82) is 0 Å². The molecule has 140 valence electrons. The average molecular weight is 386 g/mol. The van der Waals surface area contributed by atoms with Crippen LogP contribution in [0, 0.1) is 0 Å². The van der Waals surface area contributed by atoms with Crippen LogP contribution in [0.2, 0.25) is 0 Å². The number of rotatable bonds is 6. The van der Waals surface area contributed by atoms with Gasteiger partial charge in [0.25, 0.3) is 0 Å². The summed E-state index contributed by atoms with van der Waals surface area (Å²) < 4.78 is 34.1. The summed E-state index contributed by atoms with van der Waals surface area (Å²) in [6.07, 6.45) is 4.03. The zero-order chi connectivity index (χ0) is 19.6. The number of benzene rings is 2. The van der Waals surface area contributed by atoms with Crippen molar-refractivity contribution in [2.24, 2.45) is 0 Å². The van der Waals surface area contributed by atoms with E-state index in [-0.39, 0.29) is 11.5 Å². The third kappa shape index (κ3) is 4.09. The van der Waals surface area contributed by atoms with Crippen LogP contribution in [0.3, 0.4) is 0 Å². The van der Waals surface area contributed by atoms with Crippen LogP contribution in [0.25, 0.3) is 6.08 Å². The van der Waals surface area contributed by atoms with Gasteiger partial charge in [0.05, 0.1) is 17.1 Å². The highest BCUT2D eigenvalue weighted by Crippen LogP contribution is 2.36. The van der Waals surface area contributed by atoms with Crippen molar-refractivity contribution in [3.63, 3.8) is 0 Å². The summed E-state index contributed by atoms with van der Waals surface area (Å²) in [4.78, 5) is 23.4. The molecule has 0 saturated carbocycles. The van der Waals surface area contributed by atoms with Gasteiger partial charge in [-0.3, -0.25) is 4.79 Å². The number of allylic oxidation sites excluding steroid dienone is 1. The largest absolute Gasteiger partial charge is 0.462 e. The smallest absolute Gasteiger partial charge is 0.338 e. The number of hydrogen-bond acceptors (Lipinski definition) is 6. The van der Waals surface area contributed by atoms with Gasteiger partial charge in [-0.1, -0.05) is 0 Å². The van der Waals surface area contributed by atoms with Gasteiger partial charge in [-0.25, -0.2) is 13.2 Å². The Bertz CT molecular complexity index is 1030. The van der Waals surface area contributed by atoms with E-state index in [1.807, 2.05) is 0 Å². The Labute approximate surface area is 157 Å². The van der Waals surface area contributed by atoms with E-state index in [4.69, 9.17) is 9.47 Å². The first-order valence-corrected chi connectivity index (χ1v) is 10.2. The molecule has 0 aromatic heterocycles. The number of fused-ring (bicyclic) bond motifs is 1. The van der Waals surface area contributed by atoms with Gasteiger partial charge in [0.15, 0.2) is 9.84 Å². The molecular weight excluding hydrogens is 368 g/mol. The topological polar surface area (TPSA) is 86.7 Å². The van der Waals surface area contributed by atoms with Crippen LogP contribution in [-0.4, -0.2) is 33.5 Å². The highest BCUT2D eigenvalue weighted by molar-refractivity contribution is 7.90. The fourth-order valence-electron chi connectivity index (χ4n) is 2.83. The highest BCUT2D eigenvalue weighted by Gasteiger charge is 2.21. The molecule has 0 amide bonds. The summed E-state index contributed by atoms with van der Waals surface area (Å²) >= 11 is 0. The quantitative estimate of drug-likeness (QED) is 0.560. The zero-order valence-electron chi connectivity index (χ0n) is 14.9. The van der Waals surface area contributed by atoms with E-state index in [0.29, 0.717) is 29.1 Å². The van der Waals surface area contributed by atoms with Crippen molar-refractivity contribution < 1.29 is 27.5 Å². The number of sulfone groups is 1. The van der Waals surface area contributed by atoms with Gasteiger partial charge in [0.1, 0.15) is 17.8 Å². The Balaban J connectivity index is 1.99. The number of aldehydes is 1. The van der Waals surface area contributed by atoms with Crippen molar-refractivity contribution in [2.75, 3.05) is 12.9 Å². The molecular formula is C20H18O6S. The molecule has 1 aliphatic carbocycles. The molecule has 2 aromatic carbocycles. The molecule has 2 aromatic rings. The normalized spacial score (nSPS) is 12.9. The maximum atomic E-state index is 12.1. The molecule has 27 heavy (non-hydrogen) atoms. The van der Waals surface area contributed by atoms with Crippen LogP contribution in [0.1, 0.15) is 28.4 Å². The van der Waals surface area contributed by atoms with Crippen LogP contribution in [0.15, 0.2) is 46.9 Å². The molecule has 0 atom stereocenters. The number of esters is 1. The molecule has 0 spiro atoms. The minimum Gasteiger partial charge on any atom is -0.462 e. The molecule has 0 radical (unpaired) electrons. The van der Waals surface area contributed by atoms with E-state index in [1.165, 1.54) is 12.1 Å². The molecule has 0 heterocycles. The maximum Gasteiger partial charge on any atom is 0.338 e. The van der Waals surface area contributed by atoms with Crippen LogP contribution in [-0.2, 0) is 25.8 Å². The molecule has 0 saturated heterocycles. The van der Waals surface area contributed by atoms with Crippen LogP contribution < -0.4 is 4.74 Å². The minimum absolute atomic E-state index is 0.184. The molecule has 0 bridgehead atoms. The van der Waals surface area contributed by atoms with Crippen LogP contribution in [0.5, 0.6) is 11.5 Å². The van der Waals surface area contributed by atoms with Gasteiger partial charge in [-0.05, 0) is 60.5 Å². The van der Waals surface area contributed by atoms with Crippen molar-refractivity contribution in [1.82, 2.24) is 0 Å². The summed E-state index contributed by atoms with van der Waals surface area (Å²) in [5, 5.41) is 0. The van der Waals surface area contributed by atoms with Gasteiger partial charge >= 0.3 is 5.97 Å². The Kier molecular flexibility index (Phi) is 5.14. The fourth-order valence-corrected chi connectivity index (χ4v) is 3.46. The zero-order valence-corrected chi connectivity index (χ0v) is 15.7. The van der Waals surface area contributed by atoms with Crippen LogP contribution in [0.4, 0.5) is 0 Å². The highest BCUT2D eigenvalue weighted by atomic mass is 32.2. The average Bonchev–Trinajstić information content (AvgIpc) is 3.05. The van der Waals surface area contributed by atoms with Crippen molar-refractivity contribution in [3.05, 3.63) is 58.7 Å². The molecule has 7 heteroatoms. The number of ether oxygens (including phenoxy) is 2. The monoisotopic (exact) mass is 386 g/mol. The minimum atomic E-state index is -3.30. The Morgan fingerprint density at radius 3 is 2.48 bits per heavy atom. The first kappa shape index (κ1) is 18.8. The van der Waals surface area contributed by atoms with E-state index >= 15 is 0 Å². The molecule has 0 N–H and O–H groups in total. The Hall–Kier alpha value is -2.93. The van der Waals surface area contributed by atoms with Gasteiger partial charge < -0.3 is 9.47 Å². The summed E-state index contributed by atoms with van der Waals surface area (Å²) in [6.45, 7) is 1.97. The molecule has 0 aliphatic heterocycles. The lowest BCUT2D eigenvalue weighted by molar-refractivity contribution is -0.104. The van der Waals surface area contributed by atoms with Gasteiger partial charge in [0, 0.05) is 18.2 Å². The summed E-state index contributed by atoms with van der Waals surface area (Å²) in [6, 6.07) is 9.24. The second kappa shape index (κ2) is 7.36. The Morgan fingerprint density at radius 1 is 1.19 bits per heavy atom. The second-order valence-electron chi connectivity index (χ2n) is 6.13. The maximum absolute atomic E-state index is 12.1.